The lowest BCUT2D eigenvalue weighted by molar-refractivity contribution is -0.117. The van der Waals surface area contributed by atoms with Crippen LogP contribution in [0.3, 0.4) is 0 Å². The Morgan fingerprint density at radius 3 is 2.78 bits per heavy atom. The van der Waals surface area contributed by atoms with Crippen LogP contribution in [-0.4, -0.2) is 61.4 Å². The van der Waals surface area contributed by atoms with E-state index in [1.54, 1.807) is 7.11 Å². The summed E-state index contributed by atoms with van der Waals surface area (Å²) in [6, 6.07) is 7.56. The normalized spacial score (nSPS) is 15.3. The Hall–Kier alpha value is -2.38. The molecule has 144 valence electrons. The Bertz CT molecular complexity index is 792. The Labute approximate surface area is 163 Å². The number of hydrogen-bond donors (Lipinski definition) is 1. The van der Waals surface area contributed by atoms with Crippen molar-refractivity contribution in [1.29, 1.82) is 0 Å². The van der Waals surface area contributed by atoms with Crippen LogP contribution in [0.2, 0.25) is 0 Å². The van der Waals surface area contributed by atoms with Crippen molar-refractivity contribution in [3.8, 4) is 5.75 Å². The fourth-order valence-electron chi connectivity index (χ4n) is 3.21. The molecule has 6 nitrogen and oxygen atoms in total. The molecule has 2 heterocycles. The molecule has 1 aromatic heterocycles. The molecule has 1 aliphatic heterocycles. The number of nitrogens with zero attached hydrogens (tertiary/aromatic N) is 2. The third kappa shape index (κ3) is 5.08. The highest BCUT2D eigenvalue weighted by atomic mass is 32.1. The quantitative estimate of drug-likeness (QED) is 0.857. The molecule has 1 saturated heterocycles. The molecule has 1 fully saturated rings. The van der Waals surface area contributed by atoms with Gasteiger partial charge >= 0.3 is 0 Å². The van der Waals surface area contributed by atoms with E-state index in [1.807, 2.05) is 46.8 Å². The third-order valence-electron chi connectivity index (χ3n) is 4.64. The average Bonchev–Trinajstić information content (AvgIpc) is 3.09. The minimum atomic E-state index is -0.0727. The molecule has 0 aliphatic carbocycles. The largest absolute Gasteiger partial charge is 0.495 e. The molecule has 0 atom stereocenters. The number of rotatable bonds is 5. The second kappa shape index (κ2) is 9.01. The van der Waals surface area contributed by atoms with Crippen LogP contribution in [0.25, 0.3) is 0 Å². The van der Waals surface area contributed by atoms with Crippen LogP contribution < -0.4 is 10.1 Å². The molecule has 3 rings (SSSR count). The van der Waals surface area contributed by atoms with Gasteiger partial charge in [-0.3, -0.25) is 14.5 Å². The van der Waals surface area contributed by atoms with Crippen molar-refractivity contribution in [2.75, 3.05) is 45.2 Å². The zero-order chi connectivity index (χ0) is 19.2. The summed E-state index contributed by atoms with van der Waals surface area (Å²) in [5.41, 5.74) is 2.49. The van der Waals surface area contributed by atoms with Gasteiger partial charge in [0.05, 0.1) is 24.9 Å². The van der Waals surface area contributed by atoms with Gasteiger partial charge in [-0.2, -0.15) is 11.3 Å². The highest BCUT2D eigenvalue weighted by Gasteiger charge is 2.22. The lowest BCUT2D eigenvalue weighted by atomic mass is 10.2. The third-order valence-corrected chi connectivity index (χ3v) is 5.32. The molecule has 2 amide bonds. The summed E-state index contributed by atoms with van der Waals surface area (Å²) in [6.07, 6.45) is 0.858. The number of anilines is 1. The smallest absolute Gasteiger partial charge is 0.254 e. The molecule has 0 radical (unpaired) electrons. The van der Waals surface area contributed by atoms with Gasteiger partial charge in [0.15, 0.2) is 0 Å². The van der Waals surface area contributed by atoms with Gasteiger partial charge in [0.1, 0.15) is 5.75 Å². The van der Waals surface area contributed by atoms with Gasteiger partial charge < -0.3 is 15.0 Å². The minimum Gasteiger partial charge on any atom is -0.495 e. The second-order valence-corrected chi connectivity index (χ2v) is 7.47. The van der Waals surface area contributed by atoms with E-state index in [0.717, 1.165) is 30.6 Å². The maximum absolute atomic E-state index is 12.5. The molecular weight excluding hydrogens is 362 g/mol. The van der Waals surface area contributed by atoms with Gasteiger partial charge in [-0.05, 0) is 42.5 Å². The van der Waals surface area contributed by atoms with Crippen LogP contribution in [0.4, 0.5) is 5.69 Å². The molecular formula is C20H25N3O3S. The number of hydrogen-bond acceptors (Lipinski definition) is 5. The maximum atomic E-state index is 12.5. The van der Waals surface area contributed by atoms with Gasteiger partial charge in [0.2, 0.25) is 5.91 Å². The summed E-state index contributed by atoms with van der Waals surface area (Å²) in [5, 5.41) is 6.74. The van der Waals surface area contributed by atoms with E-state index in [9.17, 15) is 9.59 Å². The van der Waals surface area contributed by atoms with Crippen LogP contribution in [0.15, 0.2) is 35.0 Å². The van der Waals surface area contributed by atoms with Crippen molar-refractivity contribution < 1.29 is 14.3 Å². The van der Waals surface area contributed by atoms with Crippen molar-refractivity contribution in [3.63, 3.8) is 0 Å². The molecule has 0 unspecified atom stereocenters. The predicted octanol–water partition coefficient (Wildman–Crippen LogP) is 2.85. The van der Waals surface area contributed by atoms with E-state index in [4.69, 9.17) is 4.74 Å². The van der Waals surface area contributed by atoms with E-state index in [-0.39, 0.29) is 11.8 Å². The fraction of sp³-hybridized carbons (Fsp3) is 0.400. The van der Waals surface area contributed by atoms with Crippen molar-refractivity contribution in [2.24, 2.45) is 0 Å². The highest BCUT2D eigenvalue weighted by Crippen LogP contribution is 2.25. The van der Waals surface area contributed by atoms with Crippen LogP contribution in [0.5, 0.6) is 5.75 Å². The van der Waals surface area contributed by atoms with Crippen molar-refractivity contribution in [3.05, 3.63) is 46.2 Å². The molecule has 0 bridgehead atoms. The molecule has 7 heteroatoms. The lowest BCUT2D eigenvalue weighted by Gasteiger charge is -2.21. The molecule has 1 N–H and O–H groups in total. The predicted molar refractivity (Wildman–Crippen MR) is 108 cm³/mol. The molecule has 0 saturated carbocycles. The summed E-state index contributed by atoms with van der Waals surface area (Å²) in [5.74, 6) is 0.654. The minimum absolute atomic E-state index is 0.0727. The topological polar surface area (TPSA) is 61.9 Å². The van der Waals surface area contributed by atoms with Crippen molar-refractivity contribution >= 4 is 28.8 Å². The van der Waals surface area contributed by atoms with Crippen molar-refractivity contribution in [2.45, 2.75) is 13.3 Å². The Morgan fingerprint density at radius 2 is 2.04 bits per heavy atom. The molecule has 2 aromatic rings. The van der Waals surface area contributed by atoms with Crippen LogP contribution >= 0.6 is 11.3 Å². The number of benzene rings is 1. The Kier molecular flexibility index (Phi) is 6.47. The van der Waals surface area contributed by atoms with Gasteiger partial charge in [-0.25, -0.2) is 0 Å². The monoisotopic (exact) mass is 387 g/mol. The number of thiophene rings is 1. The van der Waals surface area contributed by atoms with E-state index in [2.05, 4.69) is 10.2 Å². The zero-order valence-corrected chi connectivity index (χ0v) is 16.6. The molecule has 0 spiro atoms. The number of methoxy groups -OCH3 is 1. The van der Waals surface area contributed by atoms with Gasteiger partial charge in [-0.15, -0.1) is 0 Å². The van der Waals surface area contributed by atoms with E-state index < -0.39 is 0 Å². The number of carbonyl (C=O) groups is 2. The molecule has 1 aliphatic rings. The SMILES string of the molecule is COc1ccc(C)cc1NC(=O)CN1CCCN(C(=O)c2ccsc2)CC1. The van der Waals surface area contributed by atoms with Crippen LogP contribution in [0.1, 0.15) is 22.3 Å². The average molecular weight is 388 g/mol. The van der Waals surface area contributed by atoms with E-state index in [0.29, 0.717) is 31.1 Å². The number of aryl methyl sites for hydroxylation is 1. The first-order chi connectivity index (χ1) is 13.1. The summed E-state index contributed by atoms with van der Waals surface area (Å²) in [7, 11) is 1.59. The molecule has 27 heavy (non-hydrogen) atoms. The highest BCUT2D eigenvalue weighted by molar-refractivity contribution is 7.08. The first kappa shape index (κ1) is 19.4. The number of carbonyl (C=O) groups excluding carboxylic acids is 2. The van der Waals surface area contributed by atoms with E-state index in [1.165, 1.54) is 11.3 Å². The van der Waals surface area contributed by atoms with Crippen LogP contribution in [0, 0.1) is 6.92 Å². The van der Waals surface area contributed by atoms with Gasteiger partial charge in [0, 0.05) is 31.6 Å². The first-order valence-electron chi connectivity index (χ1n) is 9.05. The Balaban J connectivity index is 1.55. The Morgan fingerprint density at radius 1 is 1.19 bits per heavy atom. The number of nitrogens with one attached hydrogen (secondary N) is 1. The second-order valence-electron chi connectivity index (χ2n) is 6.69. The summed E-state index contributed by atoms with van der Waals surface area (Å²) < 4.78 is 5.32. The van der Waals surface area contributed by atoms with Gasteiger partial charge in [0.25, 0.3) is 5.91 Å². The summed E-state index contributed by atoms with van der Waals surface area (Å²) in [4.78, 5) is 29.0. The van der Waals surface area contributed by atoms with Crippen molar-refractivity contribution in [1.82, 2.24) is 9.80 Å². The number of ether oxygens (including phenoxy) is 1. The standard InChI is InChI=1S/C20H25N3O3S/c1-15-4-5-18(26-2)17(12-15)21-19(24)13-22-7-3-8-23(10-9-22)20(25)16-6-11-27-14-16/h4-6,11-12,14H,3,7-10,13H2,1-2H3,(H,21,24). The lowest BCUT2D eigenvalue weighted by Crippen LogP contribution is -2.38. The molecule has 1 aromatic carbocycles. The maximum Gasteiger partial charge on any atom is 0.254 e. The fourth-order valence-corrected chi connectivity index (χ4v) is 3.84. The van der Waals surface area contributed by atoms with E-state index >= 15 is 0 Å². The zero-order valence-electron chi connectivity index (χ0n) is 15.7. The van der Waals surface area contributed by atoms with Gasteiger partial charge in [-0.1, -0.05) is 6.07 Å². The summed E-state index contributed by atoms with van der Waals surface area (Å²) >= 11 is 1.53. The first-order valence-corrected chi connectivity index (χ1v) is 9.99. The van der Waals surface area contributed by atoms with Crippen LogP contribution in [-0.2, 0) is 4.79 Å². The number of amides is 2. The summed E-state index contributed by atoms with van der Waals surface area (Å²) in [6.45, 7) is 5.12.